The molecule has 0 saturated carbocycles. The lowest BCUT2D eigenvalue weighted by Gasteiger charge is -2.53. The second-order valence-electron chi connectivity index (χ2n) is 18.8. The monoisotopic (exact) mass is 630 g/mol. The van der Waals surface area contributed by atoms with Crippen molar-refractivity contribution >= 4 is 17.3 Å². The van der Waals surface area contributed by atoms with E-state index in [0.29, 0.717) is 38.5 Å². The molecule has 3 nitrogen and oxygen atoms in total. The summed E-state index contributed by atoms with van der Waals surface area (Å²) in [7, 11) is 0. The molecule has 3 aliphatic carbocycles. The van der Waals surface area contributed by atoms with Crippen LogP contribution in [0.3, 0.4) is 0 Å². The van der Waals surface area contributed by atoms with E-state index in [9.17, 15) is 14.4 Å². The van der Waals surface area contributed by atoms with E-state index in [-0.39, 0.29) is 33.6 Å². The van der Waals surface area contributed by atoms with E-state index in [1.54, 1.807) is 0 Å². The number of hydrogen-bond donors (Lipinski definition) is 0. The molecule has 248 valence electrons. The van der Waals surface area contributed by atoms with Gasteiger partial charge in [-0.15, -0.1) is 0 Å². The molecule has 0 fully saturated rings. The van der Waals surface area contributed by atoms with Gasteiger partial charge in [-0.25, -0.2) is 0 Å². The third-order valence-electron chi connectivity index (χ3n) is 11.7. The molecule has 0 unspecified atom stereocenters. The zero-order chi connectivity index (χ0) is 34.4. The summed E-state index contributed by atoms with van der Waals surface area (Å²) in [4.78, 5) is 43.5. The average molecular weight is 631 g/mol. The Hall–Kier alpha value is -3.33. The first kappa shape index (κ1) is 33.6. The van der Waals surface area contributed by atoms with Gasteiger partial charge in [-0.3, -0.25) is 14.4 Å². The van der Waals surface area contributed by atoms with Gasteiger partial charge in [0, 0.05) is 60.2 Å². The molecule has 0 bridgehead atoms. The minimum atomic E-state index is -0.717. The maximum Gasteiger partial charge on any atom is 0.134 e. The van der Waals surface area contributed by atoms with Gasteiger partial charge >= 0.3 is 0 Å². The third kappa shape index (κ3) is 4.69. The van der Waals surface area contributed by atoms with Crippen LogP contribution in [0, 0.1) is 21.7 Å². The molecule has 0 aromatic heterocycles. The van der Waals surface area contributed by atoms with Crippen molar-refractivity contribution in [1.82, 2.24) is 0 Å². The summed E-state index contributed by atoms with van der Waals surface area (Å²) in [5, 5.41) is 0. The van der Waals surface area contributed by atoms with Crippen LogP contribution in [0.2, 0.25) is 0 Å². The van der Waals surface area contributed by atoms with E-state index in [0.717, 1.165) is 33.4 Å². The maximum absolute atomic E-state index is 14.5. The van der Waals surface area contributed by atoms with Crippen LogP contribution in [0.1, 0.15) is 141 Å². The first-order valence-corrected chi connectivity index (χ1v) is 17.6. The minimum absolute atomic E-state index is 0.164. The largest absolute Gasteiger partial charge is 0.300 e. The Morgan fingerprint density at radius 3 is 0.787 bits per heavy atom. The van der Waals surface area contributed by atoms with Gasteiger partial charge in [0.2, 0.25) is 0 Å². The lowest BCUT2D eigenvalue weighted by atomic mass is 9.47. The van der Waals surface area contributed by atoms with Crippen molar-refractivity contribution in [2.24, 2.45) is 21.7 Å². The summed E-state index contributed by atoms with van der Waals surface area (Å²) in [5.41, 5.74) is 3.58. The van der Waals surface area contributed by atoms with Crippen LogP contribution in [0.4, 0.5) is 0 Å². The molecule has 0 heterocycles. The predicted octanol–water partition coefficient (Wildman–Crippen LogP) is 10.1. The zero-order valence-corrected chi connectivity index (χ0v) is 30.4. The van der Waals surface area contributed by atoms with Gasteiger partial charge in [0.05, 0.1) is 0 Å². The lowest BCUT2D eigenvalue weighted by Crippen LogP contribution is -2.56. The van der Waals surface area contributed by atoms with Crippen molar-refractivity contribution in [3.05, 3.63) is 106 Å². The second kappa shape index (κ2) is 10.6. The Morgan fingerprint density at radius 1 is 0.426 bits per heavy atom. The van der Waals surface area contributed by atoms with Gasteiger partial charge in [-0.2, -0.15) is 0 Å². The standard InChI is InChI=1S/C44H54O3/c1-38(2,3)23-29(45)26-42-32-17-11-13-19-34(32)43(27-30(46)24-39(4,5)6)36-21-15-16-22-37(36)44(41(42,43)10,28-31(47)25-40(7,8)9)35-20-14-12-18-33(35)42/h11-22H,23-28H2,1-10H3. The quantitative estimate of drug-likeness (QED) is 0.236. The Balaban J connectivity index is 1.76. The maximum atomic E-state index is 14.5. The van der Waals surface area contributed by atoms with E-state index in [1.165, 1.54) is 0 Å². The Labute approximate surface area is 283 Å². The van der Waals surface area contributed by atoms with Crippen molar-refractivity contribution in [2.45, 2.75) is 124 Å². The fourth-order valence-electron chi connectivity index (χ4n) is 10.8. The number of carbonyl (C=O) groups is 3. The fourth-order valence-corrected chi connectivity index (χ4v) is 10.8. The highest BCUT2D eigenvalue weighted by molar-refractivity contribution is 5.92. The molecule has 0 saturated heterocycles. The SMILES string of the molecule is CC(C)(C)CC(=O)CC12c3ccccc3C3(CC(=O)CC(C)(C)C)c4ccccc4C(CC(=O)CC(C)(C)C)(c4ccccc41)C23C. The molecule has 0 N–H and O–H groups in total. The first-order chi connectivity index (χ1) is 21.7. The molecule has 0 aliphatic heterocycles. The van der Waals surface area contributed by atoms with Crippen LogP contribution in [-0.4, -0.2) is 17.3 Å². The number of ketones is 3. The number of Topliss-reactive ketones (excluding diaryl/α,β-unsaturated/α-hetero) is 3. The van der Waals surface area contributed by atoms with Gasteiger partial charge in [-0.05, 0) is 49.6 Å². The van der Waals surface area contributed by atoms with Gasteiger partial charge in [0.25, 0.3) is 0 Å². The van der Waals surface area contributed by atoms with Crippen LogP contribution in [0.25, 0.3) is 0 Å². The predicted molar refractivity (Wildman–Crippen MR) is 191 cm³/mol. The van der Waals surface area contributed by atoms with Crippen LogP contribution in [-0.2, 0) is 30.6 Å². The molecule has 0 amide bonds. The summed E-state index contributed by atoms with van der Waals surface area (Å²) in [6, 6.07) is 26.0. The molecule has 3 aromatic carbocycles. The first-order valence-electron chi connectivity index (χ1n) is 17.6. The van der Waals surface area contributed by atoms with Gasteiger partial charge in [0.1, 0.15) is 17.3 Å². The molecule has 47 heavy (non-hydrogen) atoms. The molecular weight excluding hydrogens is 576 g/mol. The highest BCUT2D eigenvalue weighted by Crippen LogP contribution is 2.84. The Morgan fingerprint density at radius 2 is 0.617 bits per heavy atom. The molecule has 6 rings (SSSR count). The smallest absolute Gasteiger partial charge is 0.134 e. The number of hydrogen-bond acceptors (Lipinski definition) is 3. The second-order valence-corrected chi connectivity index (χ2v) is 18.8. The van der Waals surface area contributed by atoms with Gasteiger partial charge in [0.15, 0.2) is 0 Å². The highest BCUT2D eigenvalue weighted by Gasteiger charge is 2.83. The molecule has 0 radical (unpaired) electrons. The zero-order valence-electron chi connectivity index (χ0n) is 30.4. The van der Waals surface area contributed by atoms with Crippen LogP contribution >= 0.6 is 0 Å². The summed E-state index contributed by atoms with van der Waals surface area (Å²) in [6.07, 6.45) is 2.42. The number of carbonyl (C=O) groups excluding carboxylic acids is 3. The van der Waals surface area contributed by atoms with Crippen molar-refractivity contribution in [3.63, 3.8) is 0 Å². The molecule has 0 spiro atoms. The molecule has 3 heteroatoms. The normalized spacial score (nSPS) is 27.2. The summed E-state index contributed by atoms with van der Waals surface area (Å²) >= 11 is 0. The van der Waals surface area contributed by atoms with Crippen molar-refractivity contribution in [3.8, 4) is 0 Å². The van der Waals surface area contributed by atoms with Gasteiger partial charge < -0.3 is 0 Å². The third-order valence-corrected chi connectivity index (χ3v) is 11.7. The van der Waals surface area contributed by atoms with Crippen LogP contribution in [0.5, 0.6) is 0 Å². The van der Waals surface area contributed by atoms with Crippen LogP contribution < -0.4 is 0 Å². The molecular formula is C44H54O3. The van der Waals surface area contributed by atoms with E-state index in [2.05, 4.69) is 142 Å². The molecule has 3 aromatic rings. The average Bonchev–Trinajstić information content (AvgIpc) is 3.33. The highest BCUT2D eigenvalue weighted by atomic mass is 16.1. The summed E-state index contributed by atoms with van der Waals surface area (Å²) in [6.45, 7) is 21.5. The van der Waals surface area contributed by atoms with Gasteiger partial charge in [-0.1, -0.05) is 142 Å². The molecule has 0 atom stereocenters. The van der Waals surface area contributed by atoms with E-state index < -0.39 is 21.7 Å². The van der Waals surface area contributed by atoms with Crippen molar-refractivity contribution in [1.29, 1.82) is 0 Å². The number of fused-ring (bicyclic) bond motifs is 9. The van der Waals surface area contributed by atoms with Crippen molar-refractivity contribution < 1.29 is 14.4 Å². The lowest BCUT2D eigenvalue weighted by molar-refractivity contribution is -0.125. The topological polar surface area (TPSA) is 51.2 Å². The summed E-state index contributed by atoms with van der Waals surface area (Å²) in [5.74, 6) is 0.689. The van der Waals surface area contributed by atoms with E-state index in [4.69, 9.17) is 0 Å². The number of benzene rings is 3. The van der Waals surface area contributed by atoms with Crippen molar-refractivity contribution in [2.75, 3.05) is 0 Å². The van der Waals surface area contributed by atoms with E-state index >= 15 is 0 Å². The minimum Gasteiger partial charge on any atom is -0.300 e. The Kier molecular flexibility index (Phi) is 7.56. The molecule has 3 aliphatic rings. The number of rotatable bonds is 9. The Bertz CT molecular complexity index is 1490. The van der Waals surface area contributed by atoms with E-state index in [1.807, 2.05) is 0 Å². The van der Waals surface area contributed by atoms with Crippen LogP contribution in [0.15, 0.2) is 72.8 Å². The fraction of sp³-hybridized carbons (Fsp3) is 0.523. The summed E-state index contributed by atoms with van der Waals surface area (Å²) < 4.78 is 0.